The molecule has 24 heavy (non-hydrogen) atoms. The lowest BCUT2D eigenvalue weighted by molar-refractivity contribution is 0.384. The van der Waals surface area contributed by atoms with Crippen LogP contribution in [0.2, 0.25) is 0 Å². The maximum Gasteiger partial charge on any atom is 0.243 e. The van der Waals surface area contributed by atoms with Crippen LogP contribution in [0.1, 0.15) is 0 Å². The van der Waals surface area contributed by atoms with E-state index in [4.69, 9.17) is 0 Å². The highest BCUT2D eigenvalue weighted by molar-refractivity contribution is 7.89. The van der Waals surface area contributed by atoms with Crippen molar-refractivity contribution in [3.63, 3.8) is 0 Å². The zero-order valence-corrected chi connectivity index (χ0v) is 13.8. The van der Waals surface area contributed by atoms with Gasteiger partial charge in [-0.05, 0) is 18.2 Å². The van der Waals surface area contributed by atoms with Crippen LogP contribution in [0.3, 0.4) is 0 Å². The van der Waals surface area contributed by atoms with Gasteiger partial charge in [-0.15, -0.1) is 0 Å². The van der Waals surface area contributed by atoms with E-state index in [1.54, 1.807) is 24.3 Å². The van der Waals surface area contributed by atoms with Crippen LogP contribution in [0.15, 0.2) is 53.8 Å². The second-order valence-electron chi connectivity index (χ2n) is 5.64. The molecule has 1 saturated heterocycles. The largest absolute Gasteiger partial charge is 0.353 e. The Morgan fingerprint density at radius 2 is 1.71 bits per heavy atom. The molecule has 1 aliphatic heterocycles. The summed E-state index contributed by atoms with van der Waals surface area (Å²) in [6, 6.07) is 10.5. The number of nitrogens with one attached hydrogen (secondary N) is 1. The molecule has 4 rings (SSSR count). The van der Waals surface area contributed by atoms with Gasteiger partial charge < -0.3 is 9.88 Å². The monoisotopic (exact) mass is 343 g/mol. The molecule has 0 spiro atoms. The molecule has 7 nitrogen and oxygen atoms in total. The summed E-state index contributed by atoms with van der Waals surface area (Å²) >= 11 is 0. The Morgan fingerprint density at radius 3 is 2.46 bits per heavy atom. The number of piperazine rings is 1. The molecule has 3 aromatic rings. The van der Waals surface area contributed by atoms with Crippen molar-refractivity contribution < 1.29 is 8.42 Å². The summed E-state index contributed by atoms with van der Waals surface area (Å²) in [5.74, 6) is 0.845. The highest BCUT2D eigenvalue weighted by atomic mass is 32.2. The van der Waals surface area contributed by atoms with Crippen molar-refractivity contribution in [1.82, 2.24) is 19.3 Å². The van der Waals surface area contributed by atoms with Crippen LogP contribution in [0.4, 0.5) is 5.82 Å². The number of benzene rings is 1. The van der Waals surface area contributed by atoms with Crippen LogP contribution >= 0.6 is 0 Å². The van der Waals surface area contributed by atoms with Crippen molar-refractivity contribution in [3.8, 4) is 0 Å². The Hall–Kier alpha value is -2.45. The lowest BCUT2D eigenvalue weighted by Crippen LogP contribution is -2.49. The van der Waals surface area contributed by atoms with Crippen molar-refractivity contribution in [1.29, 1.82) is 0 Å². The smallest absolute Gasteiger partial charge is 0.243 e. The predicted molar refractivity (Wildman–Crippen MR) is 91.3 cm³/mol. The van der Waals surface area contributed by atoms with E-state index in [2.05, 4.69) is 19.9 Å². The first-order valence-electron chi connectivity index (χ1n) is 7.74. The van der Waals surface area contributed by atoms with Crippen molar-refractivity contribution >= 4 is 26.9 Å². The van der Waals surface area contributed by atoms with Crippen LogP contribution in [0.5, 0.6) is 0 Å². The van der Waals surface area contributed by atoms with Gasteiger partial charge in [0.2, 0.25) is 10.0 Å². The number of aromatic nitrogens is 3. The molecular formula is C16H17N5O2S. The van der Waals surface area contributed by atoms with Gasteiger partial charge in [-0.2, -0.15) is 4.31 Å². The minimum absolute atomic E-state index is 0.341. The topological polar surface area (TPSA) is 82.2 Å². The molecule has 2 aromatic heterocycles. The molecule has 124 valence electrons. The van der Waals surface area contributed by atoms with Crippen LogP contribution in [-0.2, 0) is 10.0 Å². The SMILES string of the molecule is O=S(=O)(c1ccccc1)N1CCN(c2ncnc3[nH]ccc23)CC1. The first-order valence-corrected chi connectivity index (χ1v) is 9.18. The fraction of sp³-hybridized carbons (Fsp3) is 0.250. The lowest BCUT2D eigenvalue weighted by atomic mass is 10.3. The molecule has 0 saturated carbocycles. The van der Waals surface area contributed by atoms with Crippen LogP contribution in [0, 0.1) is 0 Å². The van der Waals surface area contributed by atoms with Gasteiger partial charge in [0, 0.05) is 32.4 Å². The third-order valence-electron chi connectivity index (χ3n) is 4.25. The lowest BCUT2D eigenvalue weighted by Gasteiger charge is -2.34. The van der Waals surface area contributed by atoms with Crippen LogP contribution in [0.25, 0.3) is 11.0 Å². The number of nitrogens with zero attached hydrogens (tertiary/aromatic N) is 4. The Bertz CT molecular complexity index is 947. The maximum atomic E-state index is 12.7. The highest BCUT2D eigenvalue weighted by Crippen LogP contribution is 2.24. The molecule has 1 fully saturated rings. The fourth-order valence-corrected chi connectivity index (χ4v) is 4.44. The summed E-state index contributed by atoms with van der Waals surface area (Å²) < 4.78 is 26.9. The molecule has 0 amide bonds. The molecule has 1 N–H and O–H groups in total. The average Bonchev–Trinajstić information content (AvgIpc) is 3.11. The van der Waals surface area contributed by atoms with Crippen LogP contribution < -0.4 is 4.90 Å². The summed E-state index contributed by atoms with van der Waals surface area (Å²) in [7, 11) is -3.43. The van der Waals surface area contributed by atoms with Gasteiger partial charge in [0.1, 0.15) is 17.8 Å². The first-order chi connectivity index (χ1) is 11.7. The number of fused-ring (bicyclic) bond motifs is 1. The molecular weight excluding hydrogens is 326 g/mol. The number of sulfonamides is 1. The number of aromatic amines is 1. The summed E-state index contributed by atoms with van der Waals surface area (Å²) in [5, 5.41) is 0.955. The normalized spacial score (nSPS) is 16.6. The second kappa shape index (κ2) is 5.88. The molecule has 0 radical (unpaired) electrons. The third-order valence-corrected chi connectivity index (χ3v) is 6.16. The number of rotatable bonds is 3. The summed E-state index contributed by atoms with van der Waals surface area (Å²) in [5.41, 5.74) is 0.791. The summed E-state index contributed by atoms with van der Waals surface area (Å²) in [6.07, 6.45) is 3.36. The Morgan fingerprint density at radius 1 is 0.958 bits per heavy atom. The molecule has 8 heteroatoms. The van der Waals surface area contributed by atoms with Gasteiger partial charge in [0.25, 0.3) is 0 Å². The van der Waals surface area contributed by atoms with E-state index in [0.29, 0.717) is 31.1 Å². The van der Waals surface area contributed by atoms with Gasteiger partial charge in [-0.3, -0.25) is 0 Å². The Kier molecular flexibility index (Phi) is 3.70. The minimum atomic E-state index is -3.43. The second-order valence-corrected chi connectivity index (χ2v) is 7.58. The number of hydrogen-bond donors (Lipinski definition) is 1. The van der Waals surface area contributed by atoms with Crippen molar-refractivity contribution in [2.75, 3.05) is 31.1 Å². The van der Waals surface area contributed by atoms with Gasteiger partial charge in [0.05, 0.1) is 10.3 Å². The predicted octanol–water partition coefficient (Wildman–Crippen LogP) is 1.47. The maximum absolute atomic E-state index is 12.7. The molecule has 0 unspecified atom stereocenters. The van der Waals surface area contributed by atoms with Crippen LogP contribution in [-0.4, -0.2) is 53.9 Å². The molecule has 3 heterocycles. The van der Waals surface area contributed by atoms with E-state index < -0.39 is 10.0 Å². The van der Waals surface area contributed by atoms with Crippen molar-refractivity contribution in [2.24, 2.45) is 0 Å². The molecule has 1 aromatic carbocycles. The van der Waals surface area contributed by atoms with Gasteiger partial charge in [-0.1, -0.05) is 18.2 Å². The van der Waals surface area contributed by atoms with Crippen molar-refractivity contribution in [2.45, 2.75) is 4.90 Å². The highest BCUT2D eigenvalue weighted by Gasteiger charge is 2.29. The Labute approximate surface area is 140 Å². The van der Waals surface area contributed by atoms with E-state index >= 15 is 0 Å². The van der Waals surface area contributed by atoms with Gasteiger partial charge in [0.15, 0.2) is 0 Å². The number of H-pyrrole nitrogens is 1. The Balaban J connectivity index is 1.54. The van der Waals surface area contributed by atoms with Gasteiger partial charge >= 0.3 is 0 Å². The zero-order valence-electron chi connectivity index (χ0n) is 13.0. The zero-order chi connectivity index (χ0) is 16.6. The molecule has 0 atom stereocenters. The fourth-order valence-electron chi connectivity index (χ4n) is 2.99. The summed E-state index contributed by atoms with van der Waals surface area (Å²) in [6.45, 7) is 2.08. The quantitative estimate of drug-likeness (QED) is 0.779. The van der Waals surface area contributed by atoms with E-state index in [-0.39, 0.29) is 0 Å². The van der Waals surface area contributed by atoms with E-state index in [1.807, 2.05) is 18.3 Å². The molecule has 0 bridgehead atoms. The summed E-state index contributed by atoms with van der Waals surface area (Å²) in [4.78, 5) is 14.1. The van der Waals surface area contributed by atoms with Crippen molar-refractivity contribution in [3.05, 3.63) is 48.9 Å². The number of hydrogen-bond acceptors (Lipinski definition) is 5. The first kappa shape index (κ1) is 15.1. The van der Waals surface area contributed by atoms with E-state index in [9.17, 15) is 8.42 Å². The van der Waals surface area contributed by atoms with E-state index in [1.165, 1.54) is 10.6 Å². The molecule has 0 aliphatic carbocycles. The average molecular weight is 343 g/mol. The number of anilines is 1. The van der Waals surface area contributed by atoms with Gasteiger partial charge in [-0.25, -0.2) is 18.4 Å². The molecule has 1 aliphatic rings. The minimum Gasteiger partial charge on any atom is -0.353 e. The van der Waals surface area contributed by atoms with E-state index in [0.717, 1.165) is 16.9 Å². The standard InChI is InChI=1S/C16H17N5O2S/c22-24(23,13-4-2-1-3-5-13)21-10-8-20(9-11-21)16-14-6-7-17-15(14)18-12-19-16/h1-7,12H,8-11H2,(H,17,18,19). The third kappa shape index (κ3) is 2.53.